The van der Waals surface area contributed by atoms with Crippen LogP contribution in [0.5, 0.6) is 0 Å². The predicted octanol–water partition coefficient (Wildman–Crippen LogP) is 6.07. The molecule has 0 bridgehead atoms. The average molecular weight is 749 g/mol. The van der Waals surface area contributed by atoms with Gasteiger partial charge < -0.3 is 20.5 Å². The van der Waals surface area contributed by atoms with Crippen molar-refractivity contribution in [3.8, 4) is 0 Å². The summed E-state index contributed by atoms with van der Waals surface area (Å²) in [6, 6.07) is 27.6. The van der Waals surface area contributed by atoms with E-state index in [0.29, 0.717) is 11.1 Å². The van der Waals surface area contributed by atoms with Crippen molar-refractivity contribution >= 4 is 37.1 Å². The number of nitrogens with zero attached hydrogens (tertiary/aromatic N) is 3. The summed E-state index contributed by atoms with van der Waals surface area (Å²) in [5, 5.41) is 27.0. The Morgan fingerprint density at radius 1 is 0.698 bits per heavy atom. The number of nitrogens with one attached hydrogen (secondary N) is 2. The second-order valence-corrected chi connectivity index (χ2v) is 13.0. The SMILES string of the molecule is NC(=NCCCC(NC(=O)OCc1ccccc1)C(=O)OCc1ccccc1)NP(=O)(OCc1ccc([N+](=O)[O-])cc1)OCc1ccc([N+](=O)[O-])cc1. The topological polar surface area (TPSA) is 237 Å². The van der Waals surface area contributed by atoms with Gasteiger partial charge in [0.25, 0.3) is 11.4 Å². The molecule has 17 nitrogen and oxygen atoms in total. The molecule has 1 atom stereocenters. The molecule has 1 amide bonds. The van der Waals surface area contributed by atoms with Gasteiger partial charge in [0.1, 0.15) is 19.3 Å². The third-order valence-electron chi connectivity index (χ3n) is 7.29. The van der Waals surface area contributed by atoms with Gasteiger partial charge in [-0.05, 0) is 59.4 Å². The lowest BCUT2D eigenvalue weighted by Gasteiger charge is -2.20. The van der Waals surface area contributed by atoms with Gasteiger partial charge in [0.15, 0.2) is 5.96 Å². The van der Waals surface area contributed by atoms with Crippen molar-refractivity contribution in [3.05, 3.63) is 152 Å². The summed E-state index contributed by atoms with van der Waals surface area (Å²) in [6.07, 6.45) is -0.531. The predicted molar refractivity (Wildman–Crippen MR) is 192 cm³/mol. The summed E-state index contributed by atoms with van der Waals surface area (Å²) in [5.74, 6) is -1.02. The van der Waals surface area contributed by atoms with E-state index in [4.69, 9.17) is 24.3 Å². The number of rotatable bonds is 19. The number of ether oxygens (including phenoxy) is 2. The van der Waals surface area contributed by atoms with Gasteiger partial charge in [0.05, 0.1) is 23.1 Å². The monoisotopic (exact) mass is 748 g/mol. The van der Waals surface area contributed by atoms with Gasteiger partial charge in [-0.25, -0.2) is 14.2 Å². The Bertz CT molecular complexity index is 1830. The number of nitro benzene ring substituents is 2. The summed E-state index contributed by atoms with van der Waals surface area (Å²) in [4.78, 5) is 50.7. The number of hydrogen-bond acceptors (Lipinski definition) is 12. The molecule has 0 aliphatic heterocycles. The normalized spacial score (nSPS) is 12.0. The van der Waals surface area contributed by atoms with E-state index >= 15 is 0 Å². The van der Waals surface area contributed by atoms with Gasteiger partial charge in [-0.2, -0.15) is 0 Å². The van der Waals surface area contributed by atoms with Crippen LogP contribution in [-0.2, 0) is 54.3 Å². The van der Waals surface area contributed by atoms with Crippen molar-refractivity contribution < 1.29 is 42.5 Å². The molecule has 0 saturated heterocycles. The maximum Gasteiger partial charge on any atom is 0.435 e. The number of benzene rings is 4. The molecular formula is C35H37N6O11P. The first-order valence-corrected chi connectivity index (χ1v) is 17.7. The van der Waals surface area contributed by atoms with Crippen LogP contribution in [-0.4, -0.2) is 40.5 Å². The van der Waals surface area contributed by atoms with E-state index in [1.165, 1.54) is 48.5 Å². The minimum atomic E-state index is -4.26. The standard InChI is InChI=1S/C35H37N6O11P/c36-34(39-53(48,51-24-28-13-17-30(18-14-28)40(44)45)52-25-29-15-19-31(20-16-29)41(46)47)37-21-7-12-32(33(42)49-22-26-8-3-1-4-9-26)38-35(43)50-23-27-10-5-2-6-11-27/h1-6,8-11,13-20,32H,7,12,21-25H2,(H,38,43)(H3,36,37,39,48). The number of carbonyl (C=O) groups excluding carboxylic acids is 2. The zero-order valence-corrected chi connectivity index (χ0v) is 29.2. The van der Waals surface area contributed by atoms with E-state index < -0.39 is 35.7 Å². The van der Waals surface area contributed by atoms with Crippen molar-refractivity contribution in [3.63, 3.8) is 0 Å². The molecule has 0 saturated carbocycles. The fraction of sp³-hybridized carbons (Fsp3) is 0.229. The first kappa shape index (κ1) is 39.6. The average Bonchev–Trinajstić information content (AvgIpc) is 3.17. The highest BCUT2D eigenvalue weighted by Gasteiger charge is 2.27. The van der Waals surface area contributed by atoms with Gasteiger partial charge in [0.2, 0.25) is 0 Å². The third kappa shape index (κ3) is 13.8. The van der Waals surface area contributed by atoms with E-state index in [1.807, 2.05) is 12.1 Å². The van der Waals surface area contributed by atoms with Crippen LogP contribution in [0.15, 0.2) is 114 Å². The molecule has 4 rings (SSSR count). The van der Waals surface area contributed by atoms with Crippen molar-refractivity contribution in [2.75, 3.05) is 6.54 Å². The molecule has 4 aromatic rings. The first-order chi connectivity index (χ1) is 25.5. The van der Waals surface area contributed by atoms with E-state index in [-0.39, 0.29) is 63.1 Å². The number of aliphatic imine (C=N–C) groups is 1. The van der Waals surface area contributed by atoms with Crippen LogP contribution < -0.4 is 16.1 Å². The Morgan fingerprint density at radius 3 is 1.62 bits per heavy atom. The van der Waals surface area contributed by atoms with Gasteiger partial charge in [-0.15, -0.1) is 0 Å². The largest absolute Gasteiger partial charge is 0.459 e. The molecule has 0 radical (unpaired) electrons. The Morgan fingerprint density at radius 2 is 1.15 bits per heavy atom. The molecule has 1 unspecified atom stereocenters. The van der Waals surface area contributed by atoms with Crippen molar-refractivity contribution in [2.24, 2.45) is 10.7 Å². The smallest absolute Gasteiger partial charge is 0.435 e. The molecular weight excluding hydrogens is 711 g/mol. The Labute approximate surface area is 304 Å². The first-order valence-electron chi connectivity index (χ1n) is 16.1. The maximum absolute atomic E-state index is 13.8. The summed E-state index contributed by atoms with van der Waals surface area (Å²) >= 11 is 0. The number of esters is 1. The van der Waals surface area contributed by atoms with E-state index in [2.05, 4.69) is 15.4 Å². The lowest BCUT2D eigenvalue weighted by molar-refractivity contribution is -0.385. The quantitative estimate of drug-likeness (QED) is 0.0188. The summed E-state index contributed by atoms with van der Waals surface area (Å²) < 4.78 is 35.6. The molecule has 4 N–H and O–H groups in total. The summed E-state index contributed by atoms with van der Waals surface area (Å²) in [6.45, 7) is -0.611. The zero-order chi connectivity index (χ0) is 38.1. The fourth-order valence-electron chi connectivity index (χ4n) is 4.50. The highest BCUT2D eigenvalue weighted by molar-refractivity contribution is 7.52. The van der Waals surface area contributed by atoms with Crippen molar-refractivity contribution in [2.45, 2.75) is 45.3 Å². The summed E-state index contributed by atoms with van der Waals surface area (Å²) in [5.41, 5.74) is 8.14. The van der Waals surface area contributed by atoms with Crippen LogP contribution in [0.3, 0.4) is 0 Å². The number of nitrogens with two attached hydrogens (primary N) is 1. The molecule has 0 aromatic heterocycles. The maximum atomic E-state index is 13.8. The van der Waals surface area contributed by atoms with Crippen molar-refractivity contribution in [1.82, 2.24) is 10.4 Å². The highest BCUT2D eigenvalue weighted by atomic mass is 31.2. The van der Waals surface area contributed by atoms with Crippen LogP contribution in [0.2, 0.25) is 0 Å². The molecule has 4 aromatic carbocycles. The molecule has 18 heteroatoms. The van der Waals surface area contributed by atoms with Crippen LogP contribution >= 0.6 is 7.75 Å². The van der Waals surface area contributed by atoms with Crippen LogP contribution in [0.1, 0.15) is 35.1 Å². The minimum absolute atomic E-state index is 0.00669. The van der Waals surface area contributed by atoms with Crippen molar-refractivity contribution in [1.29, 1.82) is 0 Å². The van der Waals surface area contributed by atoms with Gasteiger partial charge in [-0.1, -0.05) is 60.7 Å². The summed E-state index contributed by atoms with van der Waals surface area (Å²) in [7, 11) is -4.26. The van der Waals surface area contributed by atoms with E-state index in [1.54, 1.807) is 48.5 Å². The number of hydrogen-bond donors (Lipinski definition) is 3. The number of guanidine groups is 1. The fourth-order valence-corrected chi connectivity index (χ4v) is 5.70. The molecule has 0 fully saturated rings. The minimum Gasteiger partial charge on any atom is -0.459 e. The van der Waals surface area contributed by atoms with Gasteiger partial charge >= 0.3 is 19.8 Å². The number of non-ortho nitro benzene ring substituents is 2. The molecule has 0 heterocycles. The molecule has 0 spiro atoms. The van der Waals surface area contributed by atoms with E-state index in [9.17, 15) is 34.4 Å². The highest BCUT2D eigenvalue weighted by Crippen LogP contribution is 2.45. The van der Waals surface area contributed by atoms with Crippen LogP contribution in [0, 0.1) is 20.2 Å². The molecule has 53 heavy (non-hydrogen) atoms. The Kier molecular flexibility index (Phi) is 15.0. The second kappa shape index (κ2) is 20.0. The molecule has 0 aliphatic rings. The zero-order valence-electron chi connectivity index (χ0n) is 28.3. The second-order valence-electron chi connectivity index (χ2n) is 11.3. The number of carbonyl (C=O) groups is 2. The van der Waals surface area contributed by atoms with Crippen LogP contribution in [0.25, 0.3) is 0 Å². The molecule has 278 valence electrons. The number of alkyl carbamates (subject to hydrolysis) is 1. The number of nitro groups is 2. The Hall–Kier alpha value is -6.16. The van der Waals surface area contributed by atoms with Gasteiger partial charge in [-0.3, -0.25) is 39.4 Å². The van der Waals surface area contributed by atoms with Gasteiger partial charge in [0, 0.05) is 30.8 Å². The number of amides is 1. The molecule has 0 aliphatic carbocycles. The lowest BCUT2D eigenvalue weighted by Crippen LogP contribution is -2.42. The van der Waals surface area contributed by atoms with Crippen LogP contribution in [0.4, 0.5) is 16.2 Å². The Balaban J connectivity index is 1.38. The van der Waals surface area contributed by atoms with E-state index in [0.717, 1.165) is 11.1 Å². The third-order valence-corrected chi connectivity index (χ3v) is 8.74. The lowest BCUT2D eigenvalue weighted by atomic mass is 10.1.